The predicted octanol–water partition coefficient (Wildman–Crippen LogP) is 0.916. The van der Waals surface area contributed by atoms with Gasteiger partial charge in [0.05, 0.1) is 5.75 Å². The highest BCUT2D eigenvalue weighted by atomic mass is 32.2. The summed E-state index contributed by atoms with van der Waals surface area (Å²) >= 11 is 0. The number of sulfonamides is 1. The Labute approximate surface area is 114 Å². The molecular weight excluding hydrogens is 264 g/mol. The fourth-order valence-corrected chi connectivity index (χ4v) is 2.85. The van der Waals surface area contributed by atoms with Gasteiger partial charge >= 0.3 is 0 Å². The maximum Gasteiger partial charge on any atom is 0.222 e. The number of aromatic nitrogens is 2. The van der Waals surface area contributed by atoms with Crippen LogP contribution in [0.2, 0.25) is 0 Å². The highest BCUT2D eigenvalue weighted by molar-refractivity contribution is 7.89. The minimum atomic E-state index is -3.20. The third kappa shape index (κ3) is 4.76. The first-order valence-electron chi connectivity index (χ1n) is 6.56. The number of nitrogens with one attached hydrogen (secondary N) is 2. The molecule has 1 aliphatic rings. The summed E-state index contributed by atoms with van der Waals surface area (Å²) in [6, 6.07) is 1.79. The summed E-state index contributed by atoms with van der Waals surface area (Å²) < 4.78 is 26.1. The quantitative estimate of drug-likeness (QED) is 0.777. The molecule has 0 bridgehead atoms. The van der Waals surface area contributed by atoms with Gasteiger partial charge in [0.1, 0.15) is 0 Å². The van der Waals surface area contributed by atoms with E-state index in [1.54, 1.807) is 12.3 Å². The van der Waals surface area contributed by atoms with Crippen LogP contribution in [0.4, 0.5) is 5.95 Å². The van der Waals surface area contributed by atoms with Crippen molar-refractivity contribution in [1.82, 2.24) is 14.7 Å². The largest absolute Gasteiger partial charge is 0.353 e. The van der Waals surface area contributed by atoms with Crippen molar-refractivity contribution >= 4 is 16.0 Å². The van der Waals surface area contributed by atoms with E-state index in [-0.39, 0.29) is 5.75 Å². The molecule has 0 saturated heterocycles. The Kier molecular flexibility index (Phi) is 4.71. The van der Waals surface area contributed by atoms with Gasteiger partial charge in [-0.3, -0.25) is 0 Å². The van der Waals surface area contributed by atoms with Crippen LogP contribution >= 0.6 is 0 Å². The first-order valence-corrected chi connectivity index (χ1v) is 8.21. The highest BCUT2D eigenvalue weighted by Gasteiger charge is 2.19. The summed E-state index contributed by atoms with van der Waals surface area (Å²) in [6.07, 6.45) is 5.14. The lowest BCUT2D eigenvalue weighted by Crippen LogP contribution is -2.35. The van der Waals surface area contributed by atoms with Gasteiger partial charge in [0.15, 0.2) is 0 Å². The standard InChI is InChI=1S/C12H20N4O2S/c1-10-5-6-13-12(16-10)14-7-8-19(17,18)15-9-11-3-2-4-11/h5-6,11,15H,2-4,7-9H2,1H3,(H,13,14,16). The van der Waals surface area contributed by atoms with E-state index in [1.807, 2.05) is 6.92 Å². The van der Waals surface area contributed by atoms with Gasteiger partial charge in [0, 0.05) is 25.0 Å². The maximum absolute atomic E-state index is 11.7. The normalized spacial score (nSPS) is 16.1. The fourth-order valence-electron chi connectivity index (χ4n) is 1.85. The van der Waals surface area contributed by atoms with Crippen LogP contribution in [-0.2, 0) is 10.0 Å². The average molecular weight is 284 g/mol. The lowest BCUT2D eigenvalue weighted by atomic mass is 9.86. The van der Waals surface area contributed by atoms with Crippen molar-refractivity contribution in [3.05, 3.63) is 18.0 Å². The van der Waals surface area contributed by atoms with Gasteiger partial charge in [-0.15, -0.1) is 0 Å². The third-order valence-electron chi connectivity index (χ3n) is 3.27. The maximum atomic E-state index is 11.7. The van der Waals surface area contributed by atoms with E-state index in [1.165, 1.54) is 6.42 Å². The van der Waals surface area contributed by atoms with Crippen LogP contribution in [0, 0.1) is 12.8 Å². The van der Waals surface area contributed by atoms with Crippen LogP contribution < -0.4 is 10.0 Å². The van der Waals surface area contributed by atoms with Crippen LogP contribution in [0.15, 0.2) is 12.3 Å². The van der Waals surface area contributed by atoms with Crippen molar-refractivity contribution in [2.24, 2.45) is 5.92 Å². The molecule has 0 atom stereocenters. The Balaban J connectivity index is 1.71. The molecule has 0 spiro atoms. The van der Waals surface area contributed by atoms with E-state index in [9.17, 15) is 8.42 Å². The molecule has 0 unspecified atom stereocenters. The summed E-state index contributed by atoms with van der Waals surface area (Å²) in [6.45, 7) is 2.75. The molecule has 7 heteroatoms. The molecule has 0 amide bonds. The number of anilines is 1. The minimum absolute atomic E-state index is 0.0387. The van der Waals surface area contributed by atoms with Crippen molar-refractivity contribution in [3.63, 3.8) is 0 Å². The second kappa shape index (κ2) is 6.29. The van der Waals surface area contributed by atoms with Crippen LogP contribution in [0.5, 0.6) is 0 Å². The van der Waals surface area contributed by atoms with Gasteiger partial charge in [0.2, 0.25) is 16.0 Å². The molecule has 6 nitrogen and oxygen atoms in total. The molecule has 1 fully saturated rings. The SMILES string of the molecule is Cc1ccnc(NCCS(=O)(=O)NCC2CCC2)n1. The summed E-state index contributed by atoms with van der Waals surface area (Å²) in [5.74, 6) is 1.04. The topological polar surface area (TPSA) is 84.0 Å². The second-order valence-corrected chi connectivity index (χ2v) is 6.84. The van der Waals surface area contributed by atoms with Gasteiger partial charge in [-0.25, -0.2) is 23.1 Å². The Morgan fingerprint density at radius 2 is 2.21 bits per heavy atom. The molecule has 0 aliphatic heterocycles. The van der Waals surface area contributed by atoms with Gasteiger partial charge in [0.25, 0.3) is 0 Å². The summed E-state index contributed by atoms with van der Waals surface area (Å²) in [7, 11) is -3.20. The van der Waals surface area contributed by atoms with E-state index in [4.69, 9.17) is 0 Å². The third-order valence-corrected chi connectivity index (χ3v) is 4.61. The summed E-state index contributed by atoms with van der Waals surface area (Å²) in [5, 5.41) is 2.92. The number of nitrogens with zero attached hydrogens (tertiary/aromatic N) is 2. The zero-order valence-corrected chi connectivity index (χ0v) is 11.9. The summed E-state index contributed by atoms with van der Waals surface area (Å²) in [5.41, 5.74) is 0.850. The molecular formula is C12H20N4O2S. The van der Waals surface area contributed by atoms with Crippen LogP contribution in [0.3, 0.4) is 0 Å². The second-order valence-electron chi connectivity index (χ2n) is 4.91. The lowest BCUT2D eigenvalue weighted by molar-refractivity contribution is 0.316. The van der Waals surface area contributed by atoms with Gasteiger partial charge in [-0.05, 0) is 31.7 Å². The zero-order valence-electron chi connectivity index (χ0n) is 11.1. The molecule has 0 radical (unpaired) electrons. The minimum Gasteiger partial charge on any atom is -0.353 e. The van der Waals surface area contributed by atoms with Gasteiger partial charge in [-0.2, -0.15) is 0 Å². The molecule has 19 heavy (non-hydrogen) atoms. The Bertz CT molecular complexity index is 514. The Morgan fingerprint density at radius 1 is 1.42 bits per heavy atom. The monoisotopic (exact) mass is 284 g/mol. The number of aryl methyl sites for hydroxylation is 1. The highest BCUT2D eigenvalue weighted by Crippen LogP contribution is 2.25. The Hall–Kier alpha value is -1.21. The van der Waals surface area contributed by atoms with Crippen molar-refractivity contribution < 1.29 is 8.42 Å². The number of rotatable bonds is 7. The zero-order chi connectivity index (χ0) is 13.7. The van der Waals surface area contributed by atoms with E-state index in [0.717, 1.165) is 18.5 Å². The van der Waals surface area contributed by atoms with Crippen molar-refractivity contribution in [3.8, 4) is 0 Å². The molecule has 1 aromatic rings. The molecule has 0 aromatic carbocycles. The molecule has 1 aliphatic carbocycles. The Morgan fingerprint density at radius 3 is 2.84 bits per heavy atom. The predicted molar refractivity (Wildman–Crippen MR) is 74.4 cm³/mol. The molecule has 106 valence electrons. The van der Waals surface area contributed by atoms with Crippen molar-refractivity contribution in [1.29, 1.82) is 0 Å². The number of hydrogen-bond donors (Lipinski definition) is 2. The molecule has 2 rings (SSSR count). The number of hydrogen-bond acceptors (Lipinski definition) is 5. The first kappa shape index (κ1) is 14.2. The molecule has 1 saturated carbocycles. The van der Waals surface area contributed by atoms with E-state index < -0.39 is 10.0 Å². The lowest BCUT2D eigenvalue weighted by Gasteiger charge is -2.25. The van der Waals surface area contributed by atoms with E-state index in [0.29, 0.717) is 25.0 Å². The van der Waals surface area contributed by atoms with Crippen molar-refractivity contribution in [2.45, 2.75) is 26.2 Å². The van der Waals surface area contributed by atoms with Crippen LogP contribution in [-0.4, -0.2) is 37.2 Å². The van der Waals surface area contributed by atoms with Crippen molar-refractivity contribution in [2.75, 3.05) is 24.2 Å². The van der Waals surface area contributed by atoms with E-state index >= 15 is 0 Å². The molecule has 1 heterocycles. The average Bonchev–Trinajstić information content (AvgIpc) is 2.26. The van der Waals surface area contributed by atoms with E-state index in [2.05, 4.69) is 20.0 Å². The van der Waals surface area contributed by atoms with Crippen LogP contribution in [0.1, 0.15) is 25.0 Å². The van der Waals surface area contributed by atoms with Gasteiger partial charge in [-0.1, -0.05) is 6.42 Å². The van der Waals surface area contributed by atoms with Crippen LogP contribution in [0.25, 0.3) is 0 Å². The molecule has 1 aromatic heterocycles. The van der Waals surface area contributed by atoms with Gasteiger partial charge < -0.3 is 5.32 Å². The fraction of sp³-hybridized carbons (Fsp3) is 0.667. The molecule has 2 N–H and O–H groups in total. The first-order chi connectivity index (χ1) is 9.05. The smallest absolute Gasteiger partial charge is 0.222 e. The summed E-state index contributed by atoms with van der Waals surface area (Å²) in [4.78, 5) is 8.17.